The Kier molecular flexibility index (Phi) is 5.79. The lowest BCUT2D eigenvalue weighted by Gasteiger charge is -2.38. The van der Waals surface area contributed by atoms with Gasteiger partial charge in [0.25, 0.3) is 0 Å². The van der Waals surface area contributed by atoms with E-state index in [1.54, 1.807) is 17.7 Å². The van der Waals surface area contributed by atoms with Crippen LogP contribution in [0, 0.1) is 31.1 Å². The third-order valence-corrected chi connectivity index (χ3v) is 7.05. The molecule has 1 aromatic carbocycles. The average Bonchev–Trinajstić information content (AvgIpc) is 3.41. The predicted octanol–water partition coefficient (Wildman–Crippen LogP) is 4.37. The standard InChI is InChI=1S/C26H26F2N8/c1-16-23(17(2)35(4)33-16)19-11-20(13-29)24(21(12-19)18-5-6-22(27)30-14-18)36-9-7-26(28,8-10-36)25-32-31-15-34(25)3/h5-6,11-12,14-15H,7-10H2,1-4H3. The molecule has 1 fully saturated rings. The molecule has 4 aromatic rings. The van der Waals surface area contributed by atoms with Crippen molar-refractivity contribution in [3.8, 4) is 28.3 Å². The van der Waals surface area contributed by atoms with Crippen molar-refractivity contribution in [2.75, 3.05) is 18.0 Å². The normalized spacial score (nSPS) is 15.2. The van der Waals surface area contributed by atoms with Crippen molar-refractivity contribution < 1.29 is 8.78 Å². The fraction of sp³-hybridized carbons (Fsp3) is 0.346. The van der Waals surface area contributed by atoms with Gasteiger partial charge in [-0.05, 0) is 43.7 Å². The summed E-state index contributed by atoms with van der Waals surface area (Å²) < 4.78 is 32.9. The van der Waals surface area contributed by atoms with E-state index in [-0.39, 0.29) is 12.8 Å². The summed E-state index contributed by atoms with van der Waals surface area (Å²) in [5.74, 6) is -0.275. The molecule has 0 unspecified atom stereocenters. The minimum absolute atomic E-state index is 0.202. The van der Waals surface area contributed by atoms with Gasteiger partial charge in [-0.3, -0.25) is 4.68 Å². The van der Waals surface area contributed by atoms with E-state index in [2.05, 4.69) is 26.3 Å². The van der Waals surface area contributed by atoms with Gasteiger partial charge in [-0.1, -0.05) is 0 Å². The Morgan fingerprint density at radius 1 is 1.08 bits per heavy atom. The van der Waals surface area contributed by atoms with Crippen molar-refractivity contribution in [3.63, 3.8) is 0 Å². The summed E-state index contributed by atoms with van der Waals surface area (Å²) in [6.45, 7) is 4.67. The van der Waals surface area contributed by atoms with Crippen LogP contribution in [0.4, 0.5) is 14.5 Å². The van der Waals surface area contributed by atoms with E-state index in [1.807, 2.05) is 42.6 Å². The summed E-state index contributed by atoms with van der Waals surface area (Å²) in [4.78, 5) is 5.87. The van der Waals surface area contributed by atoms with Gasteiger partial charge in [0.1, 0.15) is 12.4 Å². The lowest BCUT2D eigenvalue weighted by Crippen LogP contribution is -2.42. The molecule has 0 bridgehead atoms. The number of piperidine rings is 1. The second-order valence-electron chi connectivity index (χ2n) is 9.29. The van der Waals surface area contributed by atoms with E-state index in [0.29, 0.717) is 35.7 Å². The second-order valence-corrected chi connectivity index (χ2v) is 9.29. The lowest BCUT2D eigenvalue weighted by atomic mass is 9.89. The number of rotatable bonds is 4. The molecule has 3 aromatic heterocycles. The summed E-state index contributed by atoms with van der Waals surface area (Å²) in [7, 11) is 3.61. The molecule has 0 N–H and O–H groups in total. The molecule has 5 rings (SSSR count). The third kappa shape index (κ3) is 3.90. The molecular formula is C26H26F2N8. The summed E-state index contributed by atoms with van der Waals surface area (Å²) in [5, 5.41) is 22.6. The number of anilines is 1. The lowest BCUT2D eigenvalue weighted by molar-refractivity contribution is 0.109. The zero-order valence-electron chi connectivity index (χ0n) is 20.6. The maximum Gasteiger partial charge on any atom is 0.212 e. The fourth-order valence-electron chi connectivity index (χ4n) is 5.15. The Bertz CT molecular complexity index is 1470. The highest BCUT2D eigenvalue weighted by molar-refractivity contribution is 5.88. The summed E-state index contributed by atoms with van der Waals surface area (Å²) in [6.07, 6.45) is 3.37. The van der Waals surface area contributed by atoms with Gasteiger partial charge in [-0.2, -0.15) is 14.8 Å². The number of nitrogens with zero attached hydrogens (tertiary/aromatic N) is 8. The Hall–Kier alpha value is -4.13. The van der Waals surface area contributed by atoms with Crippen LogP contribution in [0.25, 0.3) is 22.3 Å². The number of benzene rings is 1. The van der Waals surface area contributed by atoms with Gasteiger partial charge in [-0.15, -0.1) is 10.2 Å². The summed E-state index contributed by atoms with van der Waals surface area (Å²) in [6, 6.07) is 9.14. The molecule has 0 aliphatic carbocycles. The monoisotopic (exact) mass is 488 g/mol. The molecular weight excluding hydrogens is 462 g/mol. The van der Waals surface area contributed by atoms with E-state index < -0.39 is 11.6 Å². The zero-order valence-corrected chi connectivity index (χ0v) is 20.6. The molecule has 1 saturated heterocycles. The first-order valence-corrected chi connectivity index (χ1v) is 11.7. The van der Waals surface area contributed by atoms with Crippen LogP contribution in [0.15, 0.2) is 36.8 Å². The summed E-state index contributed by atoms with van der Waals surface area (Å²) in [5.41, 5.74) is 4.56. The Balaban J connectivity index is 1.62. The smallest absolute Gasteiger partial charge is 0.212 e. The molecule has 1 aliphatic rings. The molecule has 1 aliphatic heterocycles. The largest absolute Gasteiger partial charge is 0.370 e. The van der Waals surface area contributed by atoms with Gasteiger partial charge in [0, 0.05) is 68.6 Å². The van der Waals surface area contributed by atoms with Gasteiger partial charge < -0.3 is 9.47 Å². The number of halogens is 2. The quantitative estimate of drug-likeness (QED) is 0.397. The van der Waals surface area contributed by atoms with Crippen LogP contribution in [0.3, 0.4) is 0 Å². The van der Waals surface area contributed by atoms with Crippen molar-refractivity contribution in [1.82, 2.24) is 29.5 Å². The van der Waals surface area contributed by atoms with Gasteiger partial charge in [0.05, 0.1) is 16.9 Å². The maximum atomic E-state index is 15.8. The molecule has 0 spiro atoms. The molecule has 0 atom stereocenters. The number of alkyl halides is 1. The maximum absolute atomic E-state index is 15.8. The highest BCUT2D eigenvalue weighted by atomic mass is 19.1. The molecule has 4 heterocycles. The fourth-order valence-corrected chi connectivity index (χ4v) is 5.15. The number of hydrogen-bond donors (Lipinski definition) is 0. The Labute approximate surface area is 207 Å². The van der Waals surface area contributed by atoms with Crippen LogP contribution >= 0.6 is 0 Å². The first-order chi connectivity index (χ1) is 17.2. The molecule has 184 valence electrons. The zero-order chi connectivity index (χ0) is 25.6. The van der Waals surface area contributed by atoms with E-state index in [1.165, 1.54) is 18.6 Å². The predicted molar refractivity (Wildman–Crippen MR) is 131 cm³/mol. The molecule has 10 heteroatoms. The molecule has 0 amide bonds. The first kappa shape index (κ1) is 23.6. The van der Waals surface area contributed by atoms with Crippen LogP contribution in [0.2, 0.25) is 0 Å². The van der Waals surface area contributed by atoms with Crippen molar-refractivity contribution >= 4 is 5.69 Å². The number of aryl methyl sites for hydroxylation is 3. The van der Waals surface area contributed by atoms with Gasteiger partial charge in [0.2, 0.25) is 5.95 Å². The highest BCUT2D eigenvalue weighted by Crippen LogP contribution is 2.43. The van der Waals surface area contributed by atoms with Gasteiger partial charge >= 0.3 is 0 Å². The SMILES string of the molecule is Cc1nn(C)c(C)c1-c1cc(C#N)c(N2CCC(F)(c3nncn3C)CC2)c(-c2ccc(F)nc2)c1. The van der Waals surface area contributed by atoms with E-state index >= 15 is 4.39 Å². The van der Waals surface area contributed by atoms with Gasteiger partial charge in [-0.25, -0.2) is 9.37 Å². The summed E-state index contributed by atoms with van der Waals surface area (Å²) >= 11 is 0. The molecule has 8 nitrogen and oxygen atoms in total. The van der Waals surface area contributed by atoms with Crippen molar-refractivity contribution in [3.05, 3.63) is 65.5 Å². The topological polar surface area (TPSA) is 88.5 Å². The second kappa shape index (κ2) is 8.82. The van der Waals surface area contributed by atoms with Crippen molar-refractivity contribution in [1.29, 1.82) is 5.26 Å². The first-order valence-electron chi connectivity index (χ1n) is 11.7. The van der Waals surface area contributed by atoms with Crippen LogP contribution in [0.1, 0.15) is 35.6 Å². The van der Waals surface area contributed by atoms with E-state index in [9.17, 15) is 9.65 Å². The molecule has 0 saturated carbocycles. The average molecular weight is 489 g/mol. The van der Waals surface area contributed by atoms with Crippen molar-refractivity contribution in [2.24, 2.45) is 14.1 Å². The van der Waals surface area contributed by atoms with Crippen LogP contribution in [-0.4, -0.2) is 42.6 Å². The molecule has 36 heavy (non-hydrogen) atoms. The minimum Gasteiger partial charge on any atom is -0.370 e. The van der Waals surface area contributed by atoms with Crippen LogP contribution < -0.4 is 4.90 Å². The molecule has 0 radical (unpaired) electrons. The van der Waals surface area contributed by atoms with Gasteiger partial charge in [0.15, 0.2) is 11.5 Å². The van der Waals surface area contributed by atoms with Crippen LogP contribution in [0.5, 0.6) is 0 Å². The number of nitriles is 1. The van der Waals surface area contributed by atoms with Crippen molar-refractivity contribution in [2.45, 2.75) is 32.4 Å². The highest BCUT2D eigenvalue weighted by Gasteiger charge is 2.41. The Morgan fingerprint density at radius 2 is 1.83 bits per heavy atom. The Morgan fingerprint density at radius 3 is 2.39 bits per heavy atom. The van der Waals surface area contributed by atoms with E-state index in [4.69, 9.17) is 0 Å². The number of aromatic nitrogens is 6. The van der Waals surface area contributed by atoms with Crippen LogP contribution in [-0.2, 0) is 19.8 Å². The minimum atomic E-state index is -1.60. The number of pyridine rings is 1. The third-order valence-electron chi connectivity index (χ3n) is 7.05. The number of hydrogen-bond acceptors (Lipinski definition) is 6. The van der Waals surface area contributed by atoms with E-state index in [0.717, 1.165) is 28.1 Å².